The minimum atomic E-state index is -0.275. The van der Waals surface area contributed by atoms with Crippen LogP contribution in [0.5, 0.6) is 0 Å². The van der Waals surface area contributed by atoms with Gasteiger partial charge in [-0.15, -0.1) is 0 Å². The Hall–Kier alpha value is -1.68. The second-order valence-corrected chi connectivity index (χ2v) is 5.57. The Morgan fingerprint density at radius 3 is 2.89 bits per heavy atom. The first-order valence-electron chi connectivity index (χ1n) is 6.78. The van der Waals surface area contributed by atoms with Crippen molar-refractivity contribution in [1.82, 2.24) is 15.5 Å². The predicted molar refractivity (Wildman–Crippen MR) is 73.0 cm³/mol. The fourth-order valence-electron chi connectivity index (χ4n) is 2.64. The molecule has 0 bridgehead atoms. The van der Waals surface area contributed by atoms with Crippen molar-refractivity contribution >= 4 is 0 Å². The average Bonchev–Trinajstić information content (AvgIpc) is 2.81. The summed E-state index contributed by atoms with van der Waals surface area (Å²) in [6, 6.07) is 8.45. The van der Waals surface area contributed by atoms with Gasteiger partial charge in [0.05, 0.1) is 11.5 Å². The SMILES string of the molecule is CCNC(C)(C)c1nc(C2Cc3ccccc32)no1. The average molecular weight is 257 g/mol. The van der Waals surface area contributed by atoms with Crippen LogP contribution in [0.15, 0.2) is 28.8 Å². The van der Waals surface area contributed by atoms with Crippen LogP contribution in [0.4, 0.5) is 0 Å². The van der Waals surface area contributed by atoms with Crippen molar-refractivity contribution < 1.29 is 4.52 Å². The van der Waals surface area contributed by atoms with Crippen molar-refractivity contribution in [3.05, 3.63) is 47.1 Å². The molecular weight excluding hydrogens is 238 g/mol. The Balaban J connectivity index is 1.84. The van der Waals surface area contributed by atoms with Gasteiger partial charge in [0.1, 0.15) is 0 Å². The minimum Gasteiger partial charge on any atom is -0.337 e. The van der Waals surface area contributed by atoms with Gasteiger partial charge in [0.2, 0.25) is 5.89 Å². The van der Waals surface area contributed by atoms with E-state index in [4.69, 9.17) is 4.52 Å². The zero-order valence-corrected chi connectivity index (χ0v) is 11.6. The fourth-order valence-corrected chi connectivity index (χ4v) is 2.64. The molecule has 1 aliphatic rings. The van der Waals surface area contributed by atoms with E-state index in [0.717, 1.165) is 18.8 Å². The number of aromatic nitrogens is 2. The van der Waals surface area contributed by atoms with Crippen LogP contribution in [0, 0.1) is 0 Å². The molecular formula is C15H19N3O. The lowest BCUT2D eigenvalue weighted by molar-refractivity contribution is 0.270. The van der Waals surface area contributed by atoms with Gasteiger partial charge in [-0.2, -0.15) is 4.98 Å². The maximum Gasteiger partial charge on any atom is 0.246 e. The third-order valence-corrected chi connectivity index (χ3v) is 3.76. The third-order valence-electron chi connectivity index (χ3n) is 3.76. The van der Waals surface area contributed by atoms with Gasteiger partial charge in [0.25, 0.3) is 0 Å². The Kier molecular flexibility index (Phi) is 2.90. The van der Waals surface area contributed by atoms with Gasteiger partial charge in [-0.1, -0.05) is 36.3 Å². The number of fused-ring (bicyclic) bond motifs is 1. The molecule has 3 rings (SSSR count). The van der Waals surface area contributed by atoms with Crippen LogP contribution in [-0.4, -0.2) is 16.7 Å². The normalized spacial score (nSPS) is 17.9. The molecule has 1 N–H and O–H groups in total. The summed E-state index contributed by atoms with van der Waals surface area (Å²) in [7, 11) is 0. The summed E-state index contributed by atoms with van der Waals surface area (Å²) in [6.07, 6.45) is 1.01. The number of benzene rings is 1. The Morgan fingerprint density at radius 2 is 2.16 bits per heavy atom. The summed E-state index contributed by atoms with van der Waals surface area (Å²) < 4.78 is 5.43. The maximum absolute atomic E-state index is 5.43. The fraction of sp³-hybridized carbons (Fsp3) is 0.467. The topological polar surface area (TPSA) is 51.0 Å². The molecule has 4 heteroatoms. The molecule has 1 aromatic heterocycles. The monoisotopic (exact) mass is 257 g/mol. The van der Waals surface area contributed by atoms with Crippen molar-refractivity contribution in [1.29, 1.82) is 0 Å². The molecule has 1 unspecified atom stereocenters. The van der Waals surface area contributed by atoms with Gasteiger partial charge < -0.3 is 9.84 Å². The van der Waals surface area contributed by atoms with Crippen molar-refractivity contribution in [3.63, 3.8) is 0 Å². The summed E-state index contributed by atoms with van der Waals surface area (Å²) in [5.74, 6) is 1.76. The zero-order chi connectivity index (χ0) is 13.5. The Bertz CT molecular complexity index is 589. The summed E-state index contributed by atoms with van der Waals surface area (Å²) >= 11 is 0. The molecule has 0 aliphatic heterocycles. The number of rotatable bonds is 4. The first-order valence-corrected chi connectivity index (χ1v) is 6.78. The van der Waals surface area contributed by atoms with Gasteiger partial charge in [-0.05, 0) is 37.9 Å². The highest BCUT2D eigenvalue weighted by molar-refractivity contribution is 5.43. The van der Waals surface area contributed by atoms with Gasteiger partial charge in [0, 0.05) is 0 Å². The van der Waals surface area contributed by atoms with E-state index >= 15 is 0 Å². The molecule has 1 aliphatic carbocycles. The van der Waals surface area contributed by atoms with E-state index in [1.165, 1.54) is 11.1 Å². The molecule has 4 nitrogen and oxygen atoms in total. The molecule has 1 aromatic carbocycles. The van der Waals surface area contributed by atoms with Crippen molar-refractivity contribution in [2.75, 3.05) is 6.54 Å². The number of nitrogens with one attached hydrogen (secondary N) is 1. The van der Waals surface area contributed by atoms with E-state index in [2.05, 4.69) is 60.5 Å². The van der Waals surface area contributed by atoms with Crippen molar-refractivity contribution in [2.24, 2.45) is 0 Å². The largest absolute Gasteiger partial charge is 0.337 e. The third kappa shape index (κ3) is 2.06. The Morgan fingerprint density at radius 1 is 1.37 bits per heavy atom. The molecule has 1 atom stereocenters. The molecule has 0 saturated carbocycles. The molecule has 100 valence electrons. The standard InChI is InChI=1S/C15H19N3O/c1-4-16-15(2,3)14-17-13(18-19-14)12-9-10-7-5-6-8-11(10)12/h5-8,12,16H,4,9H2,1-3H3. The van der Waals surface area contributed by atoms with Crippen LogP contribution in [0.2, 0.25) is 0 Å². The highest BCUT2D eigenvalue weighted by Crippen LogP contribution is 2.38. The van der Waals surface area contributed by atoms with E-state index in [0.29, 0.717) is 11.8 Å². The second kappa shape index (κ2) is 4.46. The minimum absolute atomic E-state index is 0.275. The molecule has 0 radical (unpaired) electrons. The van der Waals surface area contributed by atoms with E-state index in [1.54, 1.807) is 0 Å². The molecule has 0 spiro atoms. The highest BCUT2D eigenvalue weighted by Gasteiger charge is 2.33. The molecule has 1 heterocycles. The van der Waals surface area contributed by atoms with Gasteiger partial charge in [0.15, 0.2) is 5.82 Å². The van der Waals surface area contributed by atoms with Crippen LogP contribution >= 0.6 is 0 Å². The second-order valence-electron chi connectivity index (χ2n) is 5.57. The highest BCUT2D eigenvalue weighted by atomic mass is 16.5. The molecule has 19 heavy (non-hydrogen) atoms. The van der Waals surface area contributed by atoms with E-state index in [1.807, 2.05) is 0 Å². The summed E-state index contributed by atoms with van der Waals surface area (Å²) in [5.41, 5.74) is 2.45. The predicted octanol–water partition coefficient (Wildman–Crippen LogP) is 2.60. The van der Waals surface area contributed by atoms with Crippen LogP contribution in [0.25, 0.3) is 0 Å². The smallest absolute Gasteiger partial charge is 0.246 e. The van der Waals surface area contributed by atoms with Crippen LogP contribution in [-0.2, 0) is 12.0 Å². The van der Waals surface area contributed by atoms with Gasteiger partial charge in [-0.3, -0.25) is 0 Å². The van der Waals surface area contributed by atoms with Crippen LogP contribution in [0.1, 0.15) is 49.5 Å². The van der Waals surface area contributed by atoms with Crippen molar-refractivity contribution in [2.45, 2.75) is 38.6 Å². The van der Waals surface area contributed by atoms with E-state index < -0.39 is 0 Å². The Labute approximate surface area is 113 Å². The van der Waals surface area contributed by atoms with E-state index in [-0.39, 0.29) is 5.54 Å². The first kappa shape index (κ1) is 12.4. The molecule has 0 fully saturated rings. The first-order chi connectivity index (χ1) is 9.12. The number of nitrogens with zero attached hydrogens (tertiary/aromatic N) is 2. The van der Waals surface area contributed by atoms with Gasteiger partial charge >= 0.3 is 0 Å². The maximum atomic E-state index is 5.43. The summed E-state index contributed by atoms with van der Waals surface area (Å²) in [5, 5.41) is 7.51. The molecule has 2 aromatic rings. The van der Waals surface area contributed by atoms with Crippen LogP contribution in [0.3, 0.4) is 0 Å². The summed E-state index contributed by atoms with van der Waals surface area (Å²) in [4.78, 5) is 4.58. The van der Waals surface area contributed by atoms with Crippen LogP contribution < -0.4 is 5.32 Å². The summed E-state index contributed by atoms with van der Waals surface area (Å²) in [6.45, 7) is 7.06. The lowest BCUT2D eigenvalue weighted by Crippen LogP contribution is -2.36. The zero-order valence-electron chi connectivity index (χ0n) is 11.6. The lowest BCUT2D eigenvalue weighted by Gasteiger charge is -2.27. The lowest BCUT2D eigenvalue weighted by atomic mass is 9.77. The van der Waals surface area contributed by atoms with E-state index in [9.17, 15) is 0 Å². The number of hydrogen-bond donors (Lipinski definition) is 1. The molecule has 0 amide bonds. The quantitative estimate of drug-likeness (QED) is 0.914. The van der Waals surface area contributed by atoms with Gasteiger partial charge in [-0.25, -0.2) is 0 Å². The number of hydrogen-bond acceptors (Lipinski definition) is 4. The molecule has 0 saturated heterocycles. The van der Waals surface area contributed by atoms with Crippen molar-refractivity contribution in [3.8, 4) is 0 Å².